The van der Waals surface area contributed by atoms with Crippen LogP contribution in [0.5, 0.6) is 0 Å². The number of hydrogen-bond acceptors (Lipinski definition) is 1. The van der Waals surface area contributed by atoms with Gasteiger partial charge in [-0.15, -0.1) is 0 Å². The first-order chi connectivity index (χ1) is 6.25. The molecule has 2 heteroatoms. The van der Waals surface area contributed by atoms with Gasteiger partial charge in [0, 0.05) is 10.3 Å². The first kappa shape index (κ1) is 1.53. The van der Waals surface area contributed by atoms with Gasteiger partial charge in [0.2, 0.25) is 0 Å². The number of aliphatic imine (C=N–C) groups is 1. The van der Waals surface area contributed by atoms with Crippen LogP contribution in [0, 0.1) is 5.92 Å². The van der Waals surface area contributed by atoms with Crippen molar-refractivity contribution in [3.8, 4) is 0 Å². The lowest BCUT2D eigenvalue weighted by molar-refractivity contribution is -0.119. The Morgan fingerprint density at radius 1 is 2.12 bits per heavy atom. The van der Waals surface area contributed by atoms with Crippen LogP contribution in [-0.2, 0) is 4.79 Å². The van der Waals surface area contributed by atoms with Gasteiger partial charge in [-0.1, -0.05) is 6.05 Å². The smallest absolute Gasteiger partial charge is 0.252 e. The summed E-state index contributed by atoms with van der Waals surface area (Å²) in [5.74, 6) is -2.74. The quantitative estimate of drug-likeness (QED) is 0.459. The van der Waals surface area contributed by atoms with Crippen molar-refractivity contribution in [2.24, 2.45) is 10.9 Å². The molecule has 42 valence electrons. The summed E-state index contributed by atoms with van der Waals surface area (Å²) >= 11 is 0. The van der Waals surface area contributed by atoms with Gasteiger partial charge in [0.15, 0.2) is 0 Å². The molecule has 0 aliphatic carbocycles. The molecular formula is C6H7NO. The van der Waals surface area contributed by atoms with Crippen molar-refractivity contribution in [3.63, 3.8) is 0 Å². The first-order valence-electron chi connectivity index (χ1n) is 5.02. The van der Waals surface area contributed by atoms with Gasteiger partial charge in [0.1, 0.15) is 0 Å². The van der Waals surface area contributed by atoms with Gasteiger partial charge in [0.05, 0.1) is 10.0 Å². The van der Waals surface area contributed by atoms with E-state index in [1.165, 1.54) is 0 Å². The lowest BCUT2D eigenvalue weighted by atomic mass is 10.1. The van der Waals surface area contributed by atoms with E-state index in [2.05, 4.69) is 4.99 Å². The summed E-state index contributed by atoms with van der Waals surface area (Å²) in [5.41, 5.74) is 0. The Bertz CT molecular complexity index is 341. The van der Waals surface area contributed by atoms with Gasteiger partial charge < -0.3 is 0 Å². The maximum Gasteiger partial charge on any atom is 0.252 e. The van der Waals surface area contributed by atoms with Crippen LogP contribution in [0.2, 0.25) is 0 Å². The molecule has 0 aromatic carbocycles. The Balaban J connectivity index is 3.20. The highest BCUT2D eigenvalue weighted by atomic mass is 16.1. The topological polar surface area (TPSA) is 29.4 Å². The number of allylic oxidation sites excluding steroid dienone is 1. The average molecular weight is 115 g/mol. The fourth-order valence-corrected chi connectivity index (χ4v) is 0.314. The first-order valence-corrected chi connectivity index (χ1v) is 2.02. The second-order valence-corrected chi connectivity index (χ2v) is 1.26. The van der Waals surface area contributed by atoms with Crippen LogP contribution >= 0.6 is 0 Å². The Morgan fingerprint density at radius 2 is 3.00 bits per heavy atom. The minimum Gasteiger partial charge on any atom is -0.272 e. The third-order valence-electron chi connectivity index (χ3n) is 0.685. The zero-order valence-electron chi connectivity index (χ0n) is 9.93. The summed E-state index contributed by atoms with van der Waals surface area (Å²) < 4.78 is 42.4. The molecule has 1 aliphatic rings. The van der Waals surface area contributed by atoms with Crippen LogP contribution < -0.4 is 0 Å². The summed E-state index contributed by atoms with van der Waals surface area (Å²) in [5, 5.41) is 0. The van der Waals surface area contributed by atoms with Gasteiger partial charge in [-0.25, -0.2) is 4.99 Å². The molecule has 0 aromatic heterocycles. The van der Waals surface area contributed by atoms with Crippen LogP contribution in [0.4, 0.5) is 0 Å². The molecule has 8 heavy (non-hydrogen) atoms. The monoisotopic (exact) mass is 115 g/mol. The molecule has 0 saturated heterocycles. The molecule has 0 aromatic rings. The van der Waals surface area contributed by atoms with Gasteiger partial charge in [-0.2, -0.15) is 0 Å². The van der Waals surface area contributed by atoms with E-state index in [0.717, 1.165) is 0 Å². The molecule has 2 nitrogen and oxygen atoms in total. The van der Waals surface area contributed by atoms with E-state index in [1.807, 2.05) is 0 Å². The maximum absolute atomic E-state index is 11.1. The molecule has 1 unspecified atom stereocenters. The van der Waals surface area contributed by atoms with Crippen LogP contribution in [0.15, 0.2) is 17.1 Å². The van der Waals surface area contributed by atoms with Gasteiger partial charge in [-0.05, 0) is 12.9 Å². The highest BCUT2D eigenvalue weighted by Crippen LogP contribution is 2.02. The van der Waals surface area contributed by atoms with Crippen LogP contribution in [0.25, 0.3) is 0 Å². The predicted octanol–water partition coefficient (Wildman–Crippen LogP) is 0.790. The SMILES string of the molecule is [2H]C1=NC(=O)C(C([2H])([2H])[2H])C([2H])=C1[2H]. The van der Waals surface area contributed by atoms with E-state index in [1.54, 1.807) is 0 Å². The third kappa shape index (κ3) is 0.832. The molecular weight excluding hydrogens is 102 g/mol. The molecule has 0 bridgehead atoms. The Labute approximate surface area is 56.4 Å². The average Bonchev–Trinajstić information content (AvgIpc) is 1.97. The molecule has 1 heterocycles. The van der Waals surface area contributed by atoms with E-state index < -0.39 is 37.0 Å². The number of hydrogen-bond donors (Lipinski definition) is 0. The van der Waals surface area contributed by atoms with Crippen LogP contribution in [0.1, 0.15) is 15.1 Å². The minimum absolute atomic E-state index is 0.606. The number of rotatable bonds is 0. The van der Waals surface area contributed by atoms with E-state index in [-0.39, 0.29) is 0 Å². The van der Waals surface area contributed by atoms with Crippen molar-refractivity contribution in [2.45, 2.75) is 6.85 Å². The van der Waals surface area contributed by atoms with Crippen molar-refractivity contribution in [3.05, 3.63) is 12.1 Å². The molecule has 0 spiro atoms. The molecule has 1 rings (SSSR count). The van der Waals surface area contributed by atoms with Crippen molar-refractivity contribution in [1.29, 1.82) is 0 Å². The number of carbonyl (C=O) groups is 1. The van der Waals surface area contributed by atoms with E-state index in [4.69, 9.17) is 8.22 Å². The molecule has 0 N–H and O–H groups in total. The molecule has 1 aliphatic heterocycles. The Morgan fingerprint density at radius 3 is 3.75 bits per heavy atom. The van der Waals surface area contributed by atoms with Crippen LogP contribution in [0.3, 0.4) is 0 Å². The lowest BCUT2D eigenvalue weighted by Crippen LogP contribution is -2.07. The third-order valence-corrected chi connectivity index (χ3v) is 0.685. The zero-order valence-corrected chi connectivity index (χ0v) is 3.93. The fourth-order valence-electron chi connectivity index (χ4n) is 0.314. The van der Waals surface area contributed by atoms with Crippen molar-refractivity contribution >= 4 is 12.1 Å². The van der Waals surface area contributed by atoms with Crippen molar-refractivity contribution in [2.75, 3.05) is 0 Å². The Kier molecular flexibility index (Phi) is 0.364. The molecule has 1 atom stereocenters. The fraction of sp³-hybridized carbons (Fsp3) is 0.333. The highest BCUT2D eigenvalue weighted by molar-refractivity contribution is 5.94. The Hall–Kier alpha value is -0.920. The summed E-state index contributed by atoms with van der Waals surface area (Å²) in [7, 11) is 0. The summed E-state index contributed by atoms with van der Waals surface area (Å²) in [6.07, 6.45) is -0.652. The molecule has 0 saturated carbocycles. The predicted molar refractivity (Wildman–Crippen MR) is 31.8 cm³/mol. The van der Waals surface area contributed by atoms with Crippen molar-refractivity contribution in [1.82, 2.24) is 0 Å². The van der Waals surface area contributed by atoms with E-state index in [0.29, 0.717) is 0 Å². The normalized spacial score (nSPS) is 42.8. The van der Waals surface area contributed by atoms with E-state index in [9.17, 15) is 4.79 Å². The largest absolute Gasteiger partial charge is 0.272 e. The van der Waals surface area contributed by atoms with Crippen LogP contribution in [-0.4, -0.2) is 12.1 Å². The summed E-state index contributed by atoms with van der Waals surface area (Å²) in [6, 6.07) is -1.26. The lowest BCUT2D eigenvalue weighted by Gasteiger charge is -2.00. The second kappa shape index (κ2) is 1.90. The molecule has 1 amide bonds. The molecule has 0 radical (unpaired) electrons. The van der Waals surface area contributed by atoms with E-state index >= 15 is 0 Å². The van der Waals surface area contributed by atoms with Crippen molar-refractivity contribution < 1.29 is 13.0 Å². The molecule has 0 fully saturated rings. The van der Waals surface area contributed by atoms with Gasteiger partial charge >= 0.3 is 0 Å². The second-order valence-electron chi connectivity index (χ2n) is 1.26. The minimum atomic E-state index is -2.68. The highest BCUT2D eigenvalue weighted by Gasteiger charge is 2.07. The van der Waals surface area contributed by atoms with Gasteiger partial charge in [0.25, 0.3) is 5.91 Å². The van der Waals surface area contributed by atoms with Gasteiger partial charge in [-0.3, -0.25) is 4.79 Å². The summed E-state index contributed by atoms with van der Waals surface area (Å²) in [4.78, 5) is 14.2. The summed E-state index contributed by atoms with van der Waals surface area (Å²) in [6.45, 7) is -2.68. The number of carbonyl (C=O) groups excluding carboxylic acids is 1. The number of nitrogens with zero attached hydrogens (tertiary/aromatic N) is 1. The zero-order chi connectivity index (χ0) is 11.1. The maximum atomic E-state index is 11.1. The number of dihydropyridines is 1. The standard InChI is InChI=1S/C6H7NO/c1-5-3-2-4-7-6(5)8/h2-5H,1H3/i1D3,2D,3D,4D. The number of amides is 1.